The summed E-state index contributed by atoms with van der Waals surface area (Å²) in [5, 5.41) is 9.47. The first-order valence-electron chi connectivity index (χ1n) is 11.6. The Morgan fingerprint density at radius 1 is 1.08 bits per heavy atom. The number of nitrogens with one attached hydrogen (secondary N) is 2. The highest BCUT2D eigenvalue weighted by Crippen LogP contribution is 2.43. The van der Waals surface area contributed by atoms with Crippen LogP contribution >= 0.6 is 22.7 Å². The number of amides is 1. The van der Waals surface area contributed by atoms with Crippen LogP contribution in [-0.4, -0.2) is 37.2 Å². The number of ether oxygens (including phenoxy) is 3. The number of nitrogens with two attached hydrogens (primary N) is 1. The Hall–Kier alpha value is -4.27. The molecule has 38 heavy (non-hydrogen) atoms. The Morgan fingerprint density at radius 3 is 2.53 bits per heavy atom. The second-order valence-electron chi connectivity index (χ2n) is 8.00. The fraction of sp³-hybridized carbons (Fsp3) is 0.222. The van der Waals surface area contributed by atoms with E-state index in [1.165, 1.54) is 22.7 Å². The fourth-order valence-electron chi connectivity index (χ4n) is 3.66. The molecule has 0 bridgehead atoms. The molecule has 0 radical (unpaired) electrons. The molecule has 1 amide bonds. The number of rotatable bonds is 11. The molecule has 0 saturated carbocycles. The summed E-state index contributed by atoms with van der Waals surface area (Å²) in [7, 11) is 4.68. The summed E-state index contributed by atoms with van der Waals surface area (Å²) < 4.78 is 16.2. The molecule has 0 spiro atoms. The quantitative estimate of drug-likeness (QED) is 0.153. The highest BCUT2D eigenvalue weighted by Gasteiger charge is 2.18. The molecule has 196 valence electrons. The number of unbranched alkanes of at least 4 members (excludes halogenated alkanes) is 1. The lowest BCUT2D eigenvalue weighted by molar-refractivity contribution is -0.116. The zero-order valence-corrected chi connectivity index (χ0v) is 22.8. The van der Waals surface area contributed by atoms with Crippen LogP contribution in [0.1, 0.15) is 19.3 Å². The van der Waals surface area contributed by atoms with Gasteiger partial charge in [-0.15, -0.1) is 23.7 Å². The van der Waals surface area contributed by atoms with Crippen LogP contribution < -0.4 is 30.6 Å². The van der Waals surface area contributed by atoms with Crippen LogP contribution in [0, 0.1) is 12.3 Å². The summed E-state index contributed by atoms with van der Waals surface area (Å²) in [5.74, 6) is 4.40. The van der Waals surface area contributed by atoms with Gasteiger partial charge in [0, 0.05) is 47.3 Å². The second kappa shape index (κ2) is 12.3. The van der Waals surface area contributed by atoms with E-state index < -0.39 is 0 Å². The predicted molar refractivity (Wildman–Crippen MR) is 154 cm³/mol. The molecular formula is C27H27N5O4S2. The van der Waals surface area contributed by atoms with Gasteiger partial charge in [-0.1, -0.05) is 23.5 Å². The summed E-state index contributed by atoms with van der Waals surface area (Å²) in [5.41, 5.74) is 9.33. The van der Waals surface area contributed by atoms with Gasteiger partial charge in [-0.3, -0.25) is 4.79 Å². The first-order chi connectivity index (χ1) is 18.4. The number of hydrogen-bond donors (Lipinski definition) is 3. The monoisotopic (exact) mass is 549 g/mol. The molecule has 0 atom stereocenters. The van der Waals surface area contributed by atoms with Crippen molar-refractivity contribution in [3.8, 4) is 50.7 Å². The Labute approximate surface area is 229 Å². The minimum absolute atomic E-state index is 0.0686. The topological polar surface area (TPSA) is 121 Å². The SMILES string of the molecule is C#CCCCC(=O)Nc1cccc(-c2csc(-c3sc(Nc4cc(OC)c(OC)c(OC)c4)nc3N)n2)c1. The zero-order valence-electron chi connectivity index (χ0n) is 21.2. The first kappa shape index (κ1) is 26.8. The van der Waals surface area contributed by atoms with E-state index in [1.54, 1.807) is 33.5 Å². The van der Waals surface area contributed by atoms with Gasteiger partial charge >= 0.3 is 0 Å². The van der Waals surface area contributed by atoms with Crippen LogP contribution in [0.25, 0.3) is 21.1 Å². The van der Waals surface area contributed by atoms with Crippen LogP contribution in [0.3, 0.4) is 0 Å². The molecule has 0 aliphatic rings. The minimum atomic E-state index is -0.0686. The Bertz CT molecular complexity index is 1450. The highest BCUT2D eigenvalue weighted by atomic mass is 32.1. The number of anilines is 4. The van der Waals surface area contributed by atoms with Gasteiger partial charge in [0.1, 0.15) is 15.7 Å². The number of hydrogen-bond acceptors (Lipinski definition) is 10. The van der Waals surface area contributed by atoms with Crippen molar-refractivity contribution in [2.24, 2.45) is 0 Å². The maximum absolute atomic E-state index is 12.2. The van der Waals surface area contributed by atoms with Crippen molar-refractivity contribution in [2.75, 3.05) is 37.7 Å². The van der Waals surface area contributed by atoms with Crippen molar-refractivity contribution in [3.05, 3.63) is 41.8 Å². The Morgan fingerprint density at radius 2 is 1.84 bits per heavy atom. The fourth-order valence-corrected chi connectivity index (χ4v) is 5.49. The number of carbonyl (C=O) groups excluding carboxylic acids is 1. The van der Waals surface area contributed by atoms with Crippen LogP contribution in [0.4, 0.5) is 22.3 Å². The van der Waals surface area contributed by atoms with Gasteiger partial charge in [0.15, 0.2) is 16.6 Å². The minimum Gasteiger partial charge on any atom is -0.493 e. The van der Waals surface area contributed by atoms with E-state index in [4.69, 9.17) is 31.4 Å². The van der Waals surface area contributed by atoms with E-state index >= 15 is 0 Å². The van der Waals surface area contributed by atoms with Gasteiger partial charge in [0.05, 0.1) is 27.0 Å². The van der Waals surface area contributed by atoms with Crippen LogP contribution in [0.5, 0.6) is 17.2 Å². The van der Waals surface area contributed by atoms with E-state index in [2.05, 4.69) is 21.5 Å². The van der Waals surface area contributed by atoms with Crippen molar-refractivity contribution in [1.29, 1.82) is 0 Å². The van der Waals surface area contributed by atoms with Gasteiger partial charge in [-0.25, -0.2) is 9.97 Å². The van der Waals surface area contributed by atoms with Gasteiger partial charge in [-0.05, 0) is 18.6 Å². The summed E-state index contributed by atoms with van der Waals surface area (Å²) >= 11 is 2.86. The van der Waals surface area contributed by atoms with Crippen molar-refractivity contribution < 1.29 is 19.0 Å². The molecule has 9 nitrogen and oxygen atoms in total. The van der Waals surface area contributed by atoms with E-state index in [-0.39, 0.29) is 5.91 Å². The third-order valence-electron chi connectivity index (χ3n) is 5.43. The molecule has 2 aromatic heterocycles. The van der Waals surface area contributed by atoms with Crippen LogP contribution in [0.15, 0.2) is 41.8 Å². The van der Waals surface area contributed by atoms with Crippen molar-refractivity contribution >= 4 is 50.9 Å². The molecule has 2 aromatic carbocycles. The van der Waals surface area contributed by atoms with Crippen molar-refractivity contribution in [2.45, 2.75) is 19.3 Å². The van der Waals surface area contributed by atoms with Crippen LogP contribution in [-0.2, 0) is 4.79 Å². The number of benzene rings is 2. The molecule has 0 unspecified atom stereocenters. The first-order valence-corrected chi connectivity index (χ1v) is 13.3. The largest absolute Gasteiger partial charge is 0.493 e. The molecule has 4 rings (SSSR count). The second-order valence-corrected chi connectivity index (χ2v) is 9.85. The molecular weight excluding hydrogens is 522 g/mol. The maximum atomic E-state index is 12.2. The third kappa shape index (κ3) is 6.16. The van der Waals surface area contributed by atoms with Gasteiger partial charge < -0.3 is 30.6 Å². The van der Waals surface area contributed by atoms with Gasteiger partial charge in [0.25, 0.3) is 0 Å². The lowest BCUT2D eigenvalue weighted by atomic mass is 10.1. The lowest BCUT2D eigenvalue weighted by Gasteiger charge is -2.14. The number of nitrogen functional groups attached to an aromatic ring is 1. The summed E-state index contributed by atoms with van der Waals surface area (Å²) in [6, 6.07) is 11.2. The Balaban J connectivity index is 1.51. The van der Waals surface area contributed by atoms with E-state index in [0.717, 1.165) is 21.1 Å². The molecule has 11 heteroatoms. The van der Waals surface area contributed by atoms with E-state index in [1.807, 2.05) is 29.6 Å². The smallest absolute Gasteiger partial charge is 0.224 e. The highest BCUT2D eigenvalue weighted by molar-refractivity contribution is 7.23. The number of aromatic nitrogens is 2. The van der Waals surface area contributed by atoms with Crippen molar-refractivity contribution in [3.63, 3.8) is 0 Å². The Kier molecular flexibility index (Phi) is 8.68. The molecule has 0 aliphatic heterocycles. The number of nitrogens with zero attached hydrogens (tertiary/aromatic N) is 2. The van der Waals surface area contributed by atoms with E-state index in [9.17, 15) is 4.79 Å². The molecule has 0 saturated heterocycles. The third-order valence-corrected chi connectivity index (χ3v) is 7.42. The zero-order chi connectivity index (χ0) is 27.1. The molecule has 4 N–H and O–H groups in total. The van der Waals surface area contributed by atoms with Crippen LogP contribution in [0.2, 0.25) is 0 Å². The van der Waals surface area contributed by atoms with Crippen molar-refractivity contribution in [1.82, 2.24) is 9.97 Å². The van der Waals surface area contributed by atoms with E-state index in [0.29, 0.717) is 58.8 Å². The molecule has 0 aliphatic carbocycles. The standard InChI is InChI=1S/C27H27N5O4S2/c1-5-6-7-11-22(33)29-17-10-8-9-16(12-17)19-15-37-26(31-19)24-25(28)32-27(38-24)30-18-13-20(34-2)23(36-4)21(14-18)35-3/h1,8-10,12-15H,6-7,11,28H2,2-4H3,(H,29,33)(H,30,32). The van der Waals surface area contributed by atoms with Gasteiger partial charge in [-0.2, -0.15) is 0 Å². The summed E-state index contributed by atoms with van der Waals surface area (Å²) in [6.07, 6.45) is 6.87. The number of methoxy groups -OCH3 is 3. The number of thiazole rings is 2. The molecule has 4 aromatic rings. The molecule has 2 heterocycles. The normalized spacial score (nSPS) is 10.5. The molecule has 0 fully saturated rings. The maximum Gasteiger partial charge on any atom is 0.224 e. The summed E-state index contributed by atoms with van der Waals surface area (Å²) in [4.78, 5) is 22.2. The lowest BCUT2D eigenvalue weighted by Crippen LogP contribution is -2.10. The average Bonchev–Trinajstić information content (AvgIpc) is 3.55. The number of terminal acetylenes is 1. The predicted octanol–water partition coefficient (Wildman–Crippen LogP) is 6.03. The average molecular weight is 550 g/mol. The van der Waals surface area contributed by atoms with Gasteiger partial charge in [0.2, 0.25) is 11.7 Å². The number of carbonyl (C=O) groups is 1. The summed E-state index contributed by atoms with van der Waals surface area (Å²) in [6.45, 7) is 0.